The summed E-state index contributed by atoms with van der Waals surface area (Å²) >= 11 is 0. The highest BCUT2D eigenvalue weighted by Gasteiger charge is 2.30. The van der Waals surface area contributed by atoms with Crippen molar-refractivity contribution in [3.05, 3.63) is 53.8 Å². The van der Waals surface area contributed by atoms with Crippen molar-refractivity contribution in [3.63, 3.8) is 0 Å². The second-order valence-electron chi connectivity index (χ2n) is 5.36. The topological polar surface area (TPSA) is 131 Å². The molecule has 2 rings (SSSR count). The Balaban J connectivity index is 2.30. The predicted molar refractivity (Wildman–Crippen MR) is 85.3 cm³/mol. The van der Waals surface area contributed by atoms with E-state index in [-0.39, 0.29) is 23.1 Å². The molecule has 1 aliphatic carbocycles. The molecule has 5 N–H and O–H groups in total. The first-order valence-electron chi connectivity index (χ1n) is 6.89. The van der Waals surface area contributed by atoms with Crippen molar-refractivity contribution in [2.24, 2.45) is 10.7 Å². The Hall–Kier alpha value is -1.92. The van der Waals surface area contributed by atoms with Crippen molar-refractivity contribution in [2.75, 3.05) is 0 Å². The maximum Gasteiger partial charge on any atom is 0.448 e. The molecular weight excluding hydrogens is 321 g/mol. The summed E-state index contributed by atoms with van der Waals surface area (Å²) in [6.45, 7) is 1.75. The van der Waals surface area contributed by atoms with E-state index in [0.717, 1.165) is 11.6 Å². The highest BCUT2D eigenvalue weighted by Crippen LogP contribution is 2.39. The van der Waals surface area contributed by atoms with Crippen molar-refractivity contribution in [1.29, 1.82) is 0 Å². The van der Waals surface area contributed by atoms with Crippen LogP contribution in [0.5, 0.6) is 5.75 Å². The third-order valence-corrected chi connectivity index (χ3v) is 4.15. The van der Waals surface area contributed by atoms with Gasteiger partial charge in [0.15, 0.2) is 0 Å². The van der Waals surface area contributed by atoms with Gasteiger partial charge < -0.3 is 25.1 Å². The number of nitrogens with zero attached hydrogens (tertiary/aromatic N) is 1. The number of hydrogen-bond acceptors (Lipinski definition) is 4. The van der Waals surface area contributed by atoms with Crippen LogP contribution in [0, 0.1) is 5.92 Å². The van der Waals surface area contributed by atoms with Crippen LogP contribution in [-0.4, -0.2) is 36.9 Å². The average molecular weight is 339 g/mol. The zero-order chi connectivity index (χ0) is 17.2. The number of aliphatic hydroxyl groups excluding tert-OH is 2. The number of phenols is 1. The molecule has 0 heterocycles. The fourth-order valence-corrected chi connectivity index (χ4v) is 2.91. The highest BCUT2D eigenvalue weighted by molar-refractivity contribution is 7.50. The van der Waals surface area contributed by atoms with Crippen LogP contribution in [0.1, 0.15) is 18.4 Å². The van der Waals surface area contributed by atoms with Gasteiger partial charge in [0.2, 0.25) is 0 Å². The summed E-state index contributed by atoms with van der Waals surface area (Å²) in [7, 11) is -4.69. The van der Waals surface area contributed by atoms with E-state index >= 15 is 0 Å². The largest absolute Gasteiger partial charge is 0.508 e. The van der Waals surface area contributed by atoms with E-state index in [4.69, 9.17) is 9.79 Å². The van der Waals surface area contributed by atoms with Gasteiger partial charge in [-0.3, -0.25) is 0 Å². The molecule has 0 amide bonds. The molecule has 1 aromatic rings. The van der Waals surface area contributed by atoms with E-state index in [1.165, 1.54) is 24.3 Å². The molecular formula is C15H18NO6P. The van der Waals surface area contributed by atoms with Gasteiger partial charge in [-0.15, -0.1) is 0 Å². The molecule has 7 nitrogen and oxygen atoms in total. The lowest BCUT2D eigenvalue weighted by Crippen LogP contribution is -2.31. The molecule has 0 radical (unpaired) electrons. The van der Waals surface area contributed by atoms with Crippen LogP contribution in [0.4, 0.5) is 0 Å². The van der Waals surface area contributed by atoms with Crippen molar-refractivity contribution in [2.45, 2.75) is 18.9 Å². The lowest BCUT2D eigenvalue weighted by atomic mass is 9.82. The van der Waals surface area contributed by atoms with Crippen LogP contribution in [0.2, 0.25) is 0 Å². The van der Waals surface area contributed by atoms with Crippen LogP contribution < -0.4 is 0 Å². The number of allylic oxidation sites excluding steroid dienone is 2. The summed E-state index contributed by atoms with van der Waals surface area (Å²) in [5, 5.41) is 29.4. The number of aromatic hydroxyl groups is 1. The van der Waals surface area contributed by atoms with E-state index in [1.807, 2.05) is 0 Å². The Kier molecular flexibility index (Phi) is 5.06. The van der Waals surface area contributed by atoms with Gasteiger partial charge in [-0.05, 0) is 23.8 Å². The normalized spacial score (nSPS) is 22.7. The van der Waals surface area contributed by atoms with Gasteiger partial charge in [-0.1, -0.05) is 25.1 Å². The first-order chi connectivity index (χ1) is 10.7. The molecule has 124 valence electrons. The number of phenolic OH excluding ortho intramolecular Hbond substituents is 1. The van der Waals surface area contributed by atoms with Crippen LogP contribution in [-0.2, 0) is 4.57 Å². The van der Waals surface area contributed by atoms with Gasteiger partial charge in [-0.25, -0.2) is 4.57 Å². The number of hydrogen-bond donors (Lipinski definition) is 5. The third kappa shape index (κ3) is 4.53. The highest BCUT2D eigenvalue weighted by atomic mass is 31.2. The van der Waals surface area contributed by atoms with Crippen LogP contribution in [0.25, 0.3) is 0 Å². The lowest BCUT2D eigenvalue weighted by molar-refractivity contribution is 0.130. The molecule has 0 fully saturated rings. The van der Waals surface area contributed by atoms with Crippen LogP contribution in [0.15, 0.2) is 53.0 Å². The van der Waals surface area contributed by atoms with Gasteiger partial charge in [-0.2, -0.15) is 4.76 Å². The zero-order valence-corrected chi connectivity index (χ0v) is 13.2. The Morgan fingerprint density at radius 1 is 1.17 bits per heavy atom. The number of benzene rings is 1. The molecule has 8 heteroatoms. The maximum atomic E-state index is 11.1. The molecule has 1 aromatic carbocycles. The van der Waals surface area contributed by atoms with Gasteiger partial charge in [0.05, 0.1) is 11.8 Å². The minimum Gasteiger partial charge on any atom is -0.508 e. The molecule has 0 saturated carbocycles. The van der Waals surface area contributed by atoms with E-state index in [1.54, 1.807) is 19.1 Å². The summed E-state index contributed by atoms with van der Waals surface area (Å²) in [5.41, 5.74) is 0.662. The summed E-state index contributed by atoms with van der Waals surface area (Å²) in [4.78, 5) is 18.0. The van der Waals surface area contributed by atoms with Crippen LogP contribution >= 0.6 is 7.75 Å². The van der Waals surface area contributed by atoms with Crippen molar-refractivity contribution < 1.29 is 29.7 Å². The van der Waals surface area contributed by atoms with E-state index in [9.17, 15) is 19.9 Å². The second-order valence-corrected chi connectivity index (χ2v) is 6.59. The molecule has 0 aliphatic heterocycles. The van der Waals surface area contributed by atoms with Gasteiger partial charge in [0.1, 0.15) is 11.5 Å². The Bertz CT molecular complexity index is 703. The second kappa shape index (κ2) is 6.68. The average Bonchev–Trinajstić information content (AvgIpc) is 2.45. The smallest absolute Gasteiger partial charge is 0.448 e. The van der Waals surface area contributed by atoms with Gasteiger partial charge in [0.25, 0.3) is 0 Å². The predicted octanol–water partition coefficient (Wildman–Crippen LogP) is 2.02. The number of aliphatic hydroxyl groups is 2. The minimum absolute atomic E-state index is 0.0866. The maximum absolute atomic E-state index is 11.1. The monoisotopic (exact) mass is 339 g/mol. The molecule has 3 atom stereocenters. The van der Waals surface area contributed by atoms with E-state index < -0.39 is 19.8 Å². The standard InChI is InChI=1S/C15H18NO6P/c1-9(10-2-4-11(17)5-3-10)15(19)13-7-6-12(18)8-14(13)16-23(20,21)22/h2-9,13,15,17-19H,1H3,(H2,20,21,22). The fraction of sp³-hybridized carbons (Fsp3) is 0.267. The van der Waals surface area contributed by atoms with Crippen LogP contribution in [0.3, 0.4) is 0 Å². The third-order valence-electron chi connectivity index (χ3n) is 3.66. The van der Waals surface area contributed by atoms with Gasteiger partial charge in [0, 0.05) is 17.9 Å². The summed E-state index contributed by atoms with van der Waals surface area (Å²) in [6.07, 6.45) is 2.89. The molecule has 0 bridgehead atoms. The van der Waals surface area contributed by atoms with Crippen molar-refractivity contribution in [1.82, 2.24) is 0 Å². The first-order valence-corrected chi connectivity index (χ1v) is 8.45. The minimum atomic E-state index is -4.69. The molecule has 0 aromatic heterocycles. The lowest BCUT2D eigenvalue weighted by Gasteiger charge is -2.27. The first kappa shape index (κ1) is 17.4. The Morgan fingerprint density at radius 2 is 1.78 bits per heavy atom. The summed E-state index contributed by atoms with van der Waals surface area (Å²) in [5.74, 6) is -1.26. The molecule has 23 heavy (non-hydrogen) atoms. The zero-order valence-electron chi connectivity index (χ0n) is 12.3. The Labute approximate surface area is 133 Å². The summed E-state index contributed by atoms with van der Waals surface area (Å²) < 4.78 is 14.4. The molecule has 1 aliphatic rings. The quantitative estimate of drug-likeness (QED) is 0.533. The summed E-state index contributed by atoms with van der Waals surface area (Å²) in [6, 6.07) is 6.29. The van der Waals surface area contributed by atoms with Crippen molar-refractivity contribution >= 4 is 13.5 Å². The SMILES string of the molecule is CC(c1ccc(O)cc1)C(O)C1C=CC(O)=CC1=NP(=O)(O)O. The Morgan fingerprint density at radius 3 is 2.35 bits per heavy atom. The number of rotatable bonds is 4. The van der Waals surface area contributed by atoms with Crippen molar-refractivity contribution in [3.8, 4) is 5.75 Å². The molecule has 3 unspecified atom stereocenters. The molecule has 0 spiro atoms. The van der Waals surface area contributed by atoms with Gasteiger partial charge >= 0.3 is 7.75 Å². The fourth-order valence-electron chi connectivity index (χ4n) is 2.42. The van der Waals surface area contributed by atoms with E-state index in [0.29, 0.717) is 0 Å². The van der Waals surface area contributed by atoms with E-state index in [2.05, 4.69) is 4.76 Å². The molecule has 0 saturated heterocycles.